The van der Waals surface area contributed by atoms with Gasteiger partial charge in [0.25, 0.3) is 5.91 Å². The number of benzene rings is 1. The fraction of sp³-hybridized carbons (Fsp3) is 0.368. The van der Waals surface area contributed by atoms with Gasteiger partial charge in [0.2, 0.25) is 0 Å². The molecule has 0 saturated heterocycles. The lowest BCUT2D eigenvalue weighted by Gasteiger charge is -2.33. The number of halogens is 1. The van der Waals surface area contributed by atoms with Crippen molar-refractivity contribution in [3.05, 3.63) is 58.0 Å². The Labute approximate surface area is 152 Å². The number of carbonyl (C=O) groups excluding carboxylic acids is 1. The zero-order valence-electron chi connectivity index (χ0n) is 14.6. The number of amides is 1. The lowest BCUT2D eigenvalue weighted by atomic mass is 9.84. The largest absolute Gasteiger partial charge is 0.481 e. The predicted octanol–water partition coefficient (Wildman–Crippen LogP) is 4.31. The number of hydrogen-bond acceptors (Lipinski definition) is 3. The van der Waals surface area contributed by atoms with Crippen molar-refractivity contribution in [2.45, 2.75) is 45.6 Å². The van der Waals surface area contributed by atoms with Crippen LogP contribution in [0.4, 0.5) is 0 Å². The highest BCUT2D eigenvalue weighted by molar-refractivity contribution is 6.30. The molecule has 2 aromatic rings. The molecule has 0 saturated carbocycles. The first-order valence-corrected chi connectivity index (χ1v) is 8.58. The number of furan rings is 1. The maximum Gasteiger partial charge on any atom is 0.311 e. The molecule has 0 radical (unpaired) electrons. The Balaban J connectivity index is 2.37. The number of hydrogen-bond donors (Lipinski definition) is 2. The molecule has 0 bridgehead atoms. The van der Waals surface area contributed by atoms with Crippen LogP contribution in [0.3, 0.4) is 0 Å². The number of carboxylic acid groups (broad SMARTS) is 1. The molecule has 1 aromatic carbocycles. The number of aliphatic carboxylic acids is 1. The molecule has 2 N–H and O–H groups in total. The Morgan fingerprint density at radius 2 is 1.80 bits per heavy atom. The number of rotatable bonds is 7. The summed E-state index contributed by atoms with van der Waals surface area (Å²) in [5.41, 5.74) is 1.30. The van der Waals surface area contributed by atoms with Crippen LogP contribution in [-0.2, 0) is 16.8 Å². The third kappa shape index (κ3) is 4.04. The molecule has 134 valence electrons. The SMILES string of the molecule is CCC(CC)(NC(=O)c1c(C)coc1CC(=O)O)c1ccc(Cl)cc1. The second-order valence-electron chi connectivity index (χ2n) is 6.04. The molecular weight excluding hydrogens is 342 g/mol. The van der Waals surface area contributed by atoms with Crippen molar-refractivity contribution in [1.29, 1.82) is 0 Å². The number of carboxylic acids is 1. The molecule has 0 spiro atoms. The molecule has 0 aliphatic rings. The molecule has 1 aromatic heterocycles. The fourth-order valence-electron chi connectivity index (χ4n) is 3.03. The molecule has 6 heteroatoms. The van der Waals surface area contributed by atoms with Gasteiger partial charge in [-0.15, -0.1) is 0 Å². The Morgan fingerprint density at radius 3 is 2.32 bits per heavy atom. The lowest BCUT2D eigenvalue weighted by molar-refractivity contribution is -0.136. The van der Waals surface area contributed by atoms with Crippen LogP contribution in [0.5, 0.6) is 0 Å². The van der Waals surface area contributed by atoms with Crippen LogP contribution >= 0.6 is 11.6 Å². The smallest absolute Gasteiger partial charge is 0.311 e. The molecule has 1 amide bonds. The number of aryl methyl sites for hydroxylation is 1. The second-order valence-corrected chi connectivity index (χ2v) is 6.47. The van der Waals surface area contributed by atoms with Crippen molar-refractivity contribution in [3.63, 3.8) is 0 Å². The van der Waals surface area contributed by atoms with Gasteiger partial charge < -0.3 is 14.8 Å². The van der Waals surface area contributed by atoms with Gasteiger partial charge in [-0.1, -0.05) is 37.6 Å². The maximum atomic E-state index is 12.9. The van der Waals surface area contributed by atoms with Crippen LogP contribution in [0.25, 0.3) is 0 Å². The summed E-state index contributed by atoms with van der Waals surface area (Å²) >= 11 is 5.97. The van der Waals surface area contributed by atoms with Crippen LogP contribution in [0.15, 0.2) is 34.9 Å². The topological polar surface area (TPSA) is 79.5 Å². The summed E-state index contributed by atoms with van der Waals surface area (Å²) in [6.07, 6.45) is 2.45. The first-order chi connectivity index (χ1) is 11.8. The second kappa shape index (κ2) is 7.74. The number of carbonyl (C=O) groups is 2. The van der Waals surface area contributed by atoms with Gasteiger partial charge in [0.15, 0.2) is 0 Å². The van der Waals surface area contributed by atoms with Gasteiger partial charge >= 0.3 is 5.97 Å². The van der Waals surface area contributed by atoms with E-state index in [4.69, 9.17) is 21.1 Å². The van der Waals surface area contributed by atoms with E-state index in [0.29, 0.717) is 29.0 Å². The highest BCUT2D eigenvalue weighted by Gasteiger charge is 2.32. The normalized spacial score (nSPS) is 11.4. The summed E-state index contributed by atoms with van der Waals surface area (Å²) in [6.45, 7) is 5.73. The summed E-state index contributed by atoms with van der Waals surface area (Å²) in [5, 5.41) is 12.7. The zero-order chi connectivity index (χ0) is 18.6. The zero-order valence-corrected chi connectivity index (χ0v) is 15.3. The summed E-state index contributed by atoms with van der Waals surface area (Å²) in [4.78, 5) is 23.9. The molecular formula is C19H22ClNO4. The molecule has 0 unspecified atom stereocenters. The molecule has 5 nitrogen and oxygen atoms in total. The predicted molar refractivity (Wildman–Crippen MR) is 96.0 cm³/mol. The summed E-state index contributed by atoms with van der Waals surface area (Å²) in [7, 11) is 0. The van der Waals surface area contributed by atoms with Crippen LogP contribution in [-0.4, -0.2) is 17.0 Å². The van der Waals surface area contributed by atoms with E-state index in [2.05, 4.69) is 5.32 Å². The molecule has 2 rings (SSSR count). The molecule has 1 heterocycles. The minimum absolute atomic E-state index is 0.166. The Bertz CT molecular complexity index is 760. The minimum atomic E-state index is -1.04. The number of nitrogens with one attached hydrogen (secondary N) is 1. The van der Waals surface area contributed by atoms with Gasteiger partial charge in [-0.2, -0.15) is 0 Å². The van der Waals surface area contributed by atoms with Gasteiger partial charge in [0.05, 0.1) is 17.4 Å². The van der Waals surface area contributed by atoms with Crippen molar-refractivity contribution in [2.75, 3.05) is 0 Å². The standard InChI is InChI=1S/C19H22ClNO4/c1-4-19(5-2,13-6-8-14(20)9-7-13)21-18(24)17-12(3)11-25-15(17)10-16(22)23/h6-9,11H,4-5,10H2,1-3H3,(H,21,24)(H,22,23). The van der Waals surface area contributed by atoms with Gasteiger partial charge in [0, 0.05) is 10.6 Å². The molecule has 0 aliphatic carbocycles. The Morgan fingerprint density at radius 1 is 1.20 bits per heavy atom. The third-order valence-corrected chi connectivity index (χ3v) is 4.80. The lowest BCUT2D eigenvalue weighted by Crippen LogP contribution is -2.45. The van der Waals surface area contributed by atoms with E-state index in [0.717, 1.165) is 5.56 Å². The summed E-state index contributed by atoms with van der Waals surface area (Å²) in [6, 6.07) is 7.39. The van der Waals surface area contributed by atoms with Gasteiger partial charge in [0.1, 0.15) is 12.2 Å². The van der Waals surface area contributed by atoms with Crippen molar-refractivity contribution in [3.8, 4) is 0 Å². The van der Waals surface area contributed by atoms with E-state index < -0.39 is 11.5 Å². The van der Waals surface area contributed by atoms with E-state index in [1.807, 2.05) is 26.0 Å². The highest BCUT2D eigenvalue weighted by Crippen LogP contribution is 2.31. The summed E-state index contributed by atoms with van der Waals surface area (Å²) < 4.78 is 5.27. The molecule has 25 heavy (non-hydrogen) atoms. The van der Waals surface area contributed by atoms with Crippen LogP contribution in [0.2, 0.25) is 5.02 Å². The monoisotopic (exact) mass is 363 g/mol. The van der Waals surface area contributed by atoms with Gasteiger partial charge in [-0.05, 0) is 37.5 Å². The van der Waals surface area contributed by atoms with E-state index in [-0.39, 0.29) is 18.1 Å². The van der Waals surface area contributed by atoms with Crippen LogP contribution in [0, 0.1) is 6.92 Å². The van der Waals surface area contributed by atoms with Crippen LogP contribution < -0.4 is 5.32 Å². The maximum absolute atomic E-state index is 12.9. The van der Waals surface area contributed by atoms with Gasteiger partial charge in [-0.25, -0.2) is 0 Å². The first-order valence-electron chi connectivity index (χ1n) is 8.20. The fourth-order valence-corrected chi connectivity index (χ4v) is 3.15. The van der Waals surface area contributed by atoms with E-state index in [1.165, 1.54) is 6.26 Å². The molecule has 0 fully saturated rings. The Hall–Kier alpha value is -2.27. The summed E-state index contributed by atoms with van der Waals surface area (Å²) in [5.74, 6) is -1.21. The Kier molecular flexibility index (Phi) is 5.90. The van der Waals surface area contributed by atoms with E-state index >= 15 is 0 Å². The third-order valence-electron chi connectivity index (χ3n) is 4.55. The van der Waals surface area contributed by atoms with E-state index in [9.17, 15) is 9.59 Å². The van der Waals surface area contributed by atoms with Crippen molar-refractivity contribution in [1.82, 2.24) is 5.32 Å². The minimum Gasteiger partial charge on any atom is -0.481 e. The first kappa shape index (κ1) is 19.1. The quantitative estimate of drug-likeness (QED) is 0.768. The van der Waals surface area contributed by atoms with Gasteiger partial charge in [-0.3, -0.25) is 9.59 Å². The van der Waals surface area contributed by atoms with E-state index in [1.54, 1.807) is 19.1 Å². The average Bonchev–Trinajstić information content (AvgIpc) is 2.93. The van der Waals surface area contributed by atoms with Crippen LogP contribution in [0.1, 0.15) is 53.9 Å². The van der Waals surface area contributed by atoms with Crippen molar-refractivity contribution in [2.24, 2.45) is 0 Å². The average molecular weight is 364 g/mol. The molecule has 0 atom stereocenters. The highest BCUT2D eigenvalue weighted by atomic mass is 35.5. The van der Waals surface area contributed by atoms with Crippen molar-refractivity contribution < 1.29 is 19.1 Å². The van der Waals surface area contributed by atoms with Crippen molar-refractivity contribution >= 4 is 23.5 Å². The molecule has 0 aliphatic heterocycles.